The molecule has 2 N–H and O–H groups in total. The molecule has 10 nitrogen and oxygen atoms in total. The van der Waals surface area contributed by atoms with E-state index in [1.54, 1.807) is 41.1 Å². The van der Waals surface area contributed by atoms with Gasteiger partial charge in [0.2, 0.25) is 0 Å². The molecular formula is C28H28FN7O3. The predicted octanol–water partition coefficient (Wildman–Crippen LogP) is 2.66. The number of pyridine rings is 1. The van der Waals surface area contributed by atoms with Gasteiger partial charge in [-0.2, -0.15) is 5.26 Å². The number of piperazine rings is 1. The van der Waals surface area contributed by atoms with Crippen molar-refractivity contribution in [2.75, 3.05) is 24.6 Å². The predicted molar refractivity (Wildman–Crippen MR) is 142 cm³/mol. The zero-order valence-corrected chi connectivity index (χ0v) is 21.8. The molecule has 0 unspecified atom stereocenters. The van der Waals surface area contributed by atoms with E-state index in [1.165, 1.54) is 37.3 Å². The van der Waals surface area contributed by atoms with Crippen LogP contribution in [0.3, 0.4) is 0 Å². The summed E-state index contributed by atoms with van der Waals surface area (Å²) in [5.74, 6) is 0.0532. The number of nitrogens with zero attached hydrogens (tertiary/aromatic N) is 7. The molecule has 1 saturated heterocycles. The molecule has 200 valence electrons. The van der Waals surface area contributed by atoms with E-state index in [1.807, 2.05) is 11.8 Å². The van der Waals surface area contributed by atoms with Gasteiger partial charge in [-0.25, -0.2) is 19.3 Å². The van der Waals surface area contributed by atoms with Gasteiger partial charge in [0.1, 0.15) is 29.4 Å². The normalized spacial score (nSPS) is 17.9. The number of carbonyl (C=O) groups is 1. The molecule has 39 heavy (non-hydrogen) atoms. The third-order valence-electron chi connectivity index (χ3n) is 6.96. The zero-order chi connectivity index (χ0) is 27.9. The first-order valence-corrected chi connectivity index (χ1v) is 12.5. The Morgan fingerprint density at radius 3 is 2.64 bits per heavy atom. The van der Waals surface area contributed by atoms with Gasteiger partial charge in [-0.3, -0.25) is 9.36 Å². The summed E-state index contributed by atoms with van der Waals surface area (Å²) in [5, 5.41) is 30.5. The molecule has 4 aromatic rings. The molecular weight excluding hydrogens is 501 g/mol. The SMILES string of the molecule is C[C@H]1CN(C(=O)C(C)(C)O)[C@H](CO)CN1c1ncnc2c1c(-c1ccccc1F)cn2-c1cc(C#N)ccn1. The number of nitriles is 1. The van der Waals surface area contributed by atoms with Crippen LogP contribution in [0.15, 0.2) is 55.1 Å². The van der Waals surface area contributed by atoms with Crippen molar-refractivity contribution in [1.29, 1.82) is 5.26 Å². The first kappa shape index (κ1) is 26.2. The molecule has 3 aromatic heterocycles. The highest BCUT2D eigenvalue weighted by molar-refractivity contribution is 6.02. The molecule has 0 bridgehead atoms. The first-order chi connectivity index (χ1) is 18.6. The lowest BCUT2D eigenvalue weighted by molar-refractivity contribution is -0.152. The summed E-state index contributed by atoms with van der Waals surface area (Å²) in [6.45, 7) is 4.92. The second kappa shape index (κ2) is 10.1. The lowest BCUT2D eigenvalue weighted by Gasteiger charge is -2.46. The van der Waals surface area contributed by atoms with Gasteiger partial charge in [-0.1, -0.05) is 18.2 Å². The van der Waals surface area contributed by atoms with Crippen molar-refractivity contribution in [2.24, 2.45) is 0 Å². The maximum atomic E-state index is 15.1. The van der Waals surface area contributed by atoms with E-state index in [0.717, 1.165) is 0 Å². The number of hydrogen-bond acceptors (Lipinski definition) is 8. The van der Waals surface area contributed by atoms with Gasteiger partial charge in [-0.15, -0.1) is 0 Å². The van der Waals surface area contributed by atoms with E-state index in [0.29, 0.717) is 39.4 Å². The van der Waals surface area contributed by atoms with Gasteiger partial charge in [0.15, 0.2) is 5.65 Å². The van der Waals surface area contributed by atoms with Crippen LogP contribution in [0.4, 0.5) is 10.2 Å². The van der Waals surface area contributed by atoms with E-state index in [-0.39, 0.29) is 25.7 Å². The number of halogens is 1. The molecule has 0 radical (unpaired) electrons. The Hall–Kier alpha value is -4.40. The van der Waals surface area contributed by atoms with Crippen LogP contribution in [0, 0.1) is 17.1 Å². The standard InChI is InChI=1S/C28H28FN7O3/c1-17-12-35(27(38)28(2,3)39)19(15-37)13-34(17)25-24-21(20-6-4-5-7-22(20)29)14-36(26(24)33-16-32-25)23-10-18(11-30)8-9-31-23/h4-10,14,16-17,19,37,39H,12-13,15H2,1-3H3/t17-,19-/m0/s1. The fraction of sp³-hybridized carbons (Fsp3) is 0.321. The number of anilines is 1. The van der Waals surface area contributed by atoms with Crippen molar-refractivity contribution in [3.05, 3.63) is 66.5 Å². The van der Waals surface area contributed by atoms with Crippen LogP contribution in [0.2, 0.25) is 0 Å². The van der Waals surface area contributed by atoms with Gasteiger partial charge < -0.3 is 20.0 Å². The first-order valence-electron chi connectivity index (χ1n) is 12.5. The van der Waals surface area contributed by atoms with Crippen LogP contribution in [0.25, 0.3) is 28.0 Å². The number of amides is 1. The Morgan fingerprint density at radius 2 is 1.95 bits per heavy atom. The lowest BCUT2D eigenvalue weighted by Crippen LogP contribution is -2.63. The summed E-state index contributed by atoms with van der Waals surface area (Å²) in [7, 11) is 0. The summed E-state index contributed by atoms with van der Waals surface area (Å²) in [6.07, 6.45) is 4.66. The molecule has 0 aliphatic carbocycles. The third-order valence-corrected chi connectivity index (χ3v) is 6.96. The Labute approximate surface area is 224 Å². The van der Waals surface area contributed by atoms with Crippen molar-refractivity contribution in [3.8, 4) is 23.0 Å². The van der Waals surface area contributed by atoms with Crippen LogP contribution in [0.5, 0.6) is 0 Å². The van der Waals surface area contributed by atoms with Crippen LogP contribution < -0.4 is 4.90 Å². The van der Waals surface area contributed by atoms with Gasteiger partial charge in [0.05, 0.1) is 29.7 Å². The van der Waals surface area contributed by atoms with E-state index >= 15 is 4.39 Å². The molecule has 1 aromatic carbocycles. The Bertz CT molecular complexity index is 1590. The van der Waals surface area contributed by atoms with E-state index in [9.17, 15) is 20.3 Å². The molecule has 1 aliphatic heterocycles. The molecule has 0 spiro atoms. The Morgan fingerprint density at radius 1 is 1.18 bits per heavy atom. The van der Waals surface area contributed by atoms with Crippen LogP contribution in [-0.4, -0.2) is 77.9 Å². The maximum Gasteiger partial charge on any atom is 0.254 e. The smallest absolute Gasteiger partial charge is 0.254 e. The lowest BCUT2D eigenvalue weighted by atomic mass is 10.0. The number of aliphatic hydroxyl groups is 2. The average Bonchev–Trinajstić information content (AvgIpc) is 3.32. The number of fused-ring (bicyclic) bond motifs is 1. The summed E-state index contributed by atoms with van der Waals surface area (Å²) < 4.78 is 16.8. The molecule has 5 rings (SSSR count). The largest absolute Gasteiger partial charge is 0.394 e. The number of hydrogen-bond donors (Lipinski definition) is 2. The third kappa shape index (κ3) is 4.69. The molecule has 4 heterocycles. The van der Waals surface area contributed by atoms with Gasteiger partial charge in [0.25, 0.3) is 5.91 Å². The molecule has 1 fully saturated rings. The van der Waals surface area contributed by atoms with Gasteiger partial charge in [0, 0.05) is 42.7 Å². The van der Waals surface area contributed by atoms with E-state index < -0.39 is 23.4 Å². The molecule has 2 atom stereocenters. The molecule has 1 amide bonds. The molecule has 0 saturated carbocycles. The Balaban J connectivity index is 1.69. The second-order valence-corrected chi connectivity index (χ2v) is 10.2. The van der Waals surface area contributed by atoms with E-state index in [4.69, 9.17) is 0 Å². The van der Waals surface area contributed by atoms with Crippen molar-refractivity contribution >= 4 is 22.8 Å². The number of aliphatic hydroxyl groups excluding tert-OH is 1. The highest BCUT2D eigenvalue weighted by Gasteiger charge is 2.40. The highest BCUT2D eigenvalue weighted by Crippen LogP contribution is 2.39. The van der Waals surface area contributed by atoms with Crippen molar-refractivity contribution in [1.82, 2.24) is 24.4 Å². The summed E-state index contributed by atoms with van der Waals surface area (Å²) in [5.41, 5.74) is 0.165. The van der Waals surface area contributed by atoms with Crippen molar-refractivity contribution in [2.45, 2.75) is 38.5 Å². The molecule has 1 aliphatic rings. The fourth-order valence-corrected chi connectivity index (χ4v) is 5.03. The summed E-state index contributed by atoms with van der Waals surface area (Å²) in [4.78, 5) is 29.9. The zero-order valence-electron chi connectivity index (χ0n) is 21.8. The fourth-order valence-electron chi connectivity index (χ4n) is 5.03. The van der Waals surface area contributed by atoms with Crippen LogP contribution in [-0.2, 0) is 4.79 Å². The number of rotatable bonds is 5. The van der Waals surface area contributed by atoms with Crippen molar-refractivity contribution < 1.29 is 19.4 Å². The van der Waals surface area contributed by atoms with Gasteiger partial charge in [-0.05, 0) is 39.0 Å². The quantitative estimate of drug-likeness (QED) is 0.403. The number of carbonyl (C=O) groups excluding carboxylic acids is 1. The minimum Gasteiger partial charge on any atom is -0.394 e. The Kier molecular flexibility index (Phi) is 6.76. The minimum absolute atomic E-state index is 0.232. The summed E-state index contributed by atoms with van der Waals surface area (Å²) >= 11 is 0. The molecule has 11 heteroatoms. The topological polar surface area (TPSA) is 131 Å². The van der Waals surface area contributed by atoms with Crippen molar-refractivity contribution in [3.63, 3.8) is 0 Å². The minimum atomic E-state index is -1.59. The van der Waals surface area contributed by atoms with Gasteiger partial charge >= 0.3 is 0 Å². The summed E-state index contributed by atoms with van der Waals surface area (Å²) in [6, 6.07) is 10.9. The van der Waals surface area contributed by atoms with E-state index in [2.05, 4.69) is 21.0 Å². The highest BCUT2D eigenvalue weighted by atomic mass is 19.1. The number of aromatic nitrogens is 4. The maximum absolute atomic E-state index is 15.1. The second-order valence-electron chi connectivity index (χ2n) is 10.2. The van der Waals surface area contributed by atoms with Crippen LogP contribution in [0.1, 0.15) is 26.3 Å². The number of benzene rings is 1. The average molecular weight is 530 g/mol. The monoisotopic (exact) mass is 529 g/mol. The van der Waals surface area contributed by atoms with Crippen LogP contribution >= 0.6 is 0 Å².